The van der Waals surface area contributed by atoms with Gasteiger partial charge in [-0.15, -0.1) is 0 Å². The minimum absolute atomic E-state index is 0.0502. The van der Waals surface area contributed by atoms with Crippen LogP contribution in [0.5, 0.6) is 17.2 Å². The van der Waals surface area contributed by atoms with Crippen molar-refractivity contribution in [3.63, 3.8) is 0 Å². The van der Waals surface area contributed by atoms with Crippen molar-refractivity contribution in [2.24, 2.45) is 0 Å². The van der Waals surface area contributed by atoms with Crippen molar-refractivity contribution in [2.75, 3.05) is 21.3 Å². The summed E-state index contributed by atoms with van der Waals surface area (Å²) in [5.74, 6) is 2.34. The summed E-state index contributed by atoms with van der Waals surface area (Å²) >= 11 is 7.23. The summed E-state index contributed by atoms with van der Waals surface area (Å²) in [6.45, 7) is 0. The average molecular weight is 416 g/mol. The van der Waals surface area contributed by atoms with Crippen LogP contribution in [-0.4, -0.2) is 21.3 Å². The maximum absolute atomic E-state index is 5.47. The van der Waals surface area contributed by atoms with Gasteiger partial charge in [-0.25, -0.2) is 0 Å². The van der Waals surface area contributed by atoms with Gasteiger partial charge in [0.25, 0.3) is 0 Å². The van der Waals surface area contributed by atoms with E-state index in [0.29, 0.717) is 0 Å². The SMILES string of the molecule is COc1ccc(C(Br)c2cc(Br)ccc2OC)c(OC)c1. The number of rotatable bonds is 5. The second kappa shape index (κ2) is 7.18. The molecule has 0 saturated carbocycles. The fraction of sp³-hybridized carbons (Fsp3) is 0.250. The molecule has 5 heteroatoms. The number of halogens is 2. The highest BCUT2D eigenvalue weighted by molar-refractivity contribution is 9.10. The molecule has 21 heavy (non-hydrogen) atoms. The third-order valence-corrected chi connectivity index (χ3v) is 4.66. The first-order chi connectivity index (χ1) is 10.1. The van der Waals surface area contributed by atoms with Crippen LogP contribution < -0.4 is 14.2 Å². The van der Waals surface area contributed by atoms with Gasteiger partial charge in [-0.2, -0.15) is 0 Å². The van der Waals surface area contributed by atoms with Crippen LogP contribution in [0.3, 0.4) is 0 Å². The lowest BCUT2D eigenvalue weighted by Crippen LogP contribution is -2.00. The van der Waals surface area contributed by atoms with Crippen molar-refractivity contribution in [2.45, 2.75) is 4.83 Å². The summed E-state index contributed by atoms with van der Waals surface area (Å²) in [5, 5.41) is 0. The standard InChI is InChI=1S/C16H16Br2O3/c1-19-11-5-6-12(15(9-11)21-3)16(18)13-8-10(17)4-7-14(13)20-2/h4-9,16H,1-3H3. The molecule has 112 valence electrons. The van der Waals surface area contributed by atoms with Crippen LogP contribution in [0.2, 0.25) is 0 Å². The Kier molecular flexibility index (Phi) is 5.53. The Morgan fingerprint density at radius 1 is 0.810 bits per heavy atom. The number of methoxy groups -OCH3 is 3. The van der Waals surface area contributed by atoms with Crippen LogP contribution in [0.4, 0.5) is 0 Å². The third kappa shape index (κ3) is 3.52. The average Bonchev–Trinajstić information content (AvgIpc) is 2.53. The first kappa shape index (κ1) is 16.2. The molecule has 0 heterocycles. The minimum Gasteiger partial charge on any atom is -0.497 e. The van der Waals surface area contributed by atoms with E-state index >= 15 is 0 Å². The molecule has 0 bridgehead atoms. The largest absolute Gasteiger partial charge is 0.497 e. The van der Waals surface area contributed by atoms with E-state index in [2.05, 4.69) is 31.9 Å². The molecular weight excluding hydrogens is 400 g/mol. The Balaban J connectivity index is 2.49. The summed E-state index contributed by atoms with van der Waals surface area (Å²) in [4.78, 5) is -0.0502. The highest BCUT2D eigenvalue weighted by atomic mass is 79.9. The van der Waals surface area contributed by atoms with Crippen molar-refractivity contribution in [3.8, 4) is 17.2 Å². The minimum atomic E-state index is -0.0502. The lowest BCUT2D eigenvalue weighted by Gasteiger charge is -2.18. The maximum atomic E-state index is 5.47. The molecule has 0 spiro atoms. The Labute approximate surface area is 141 Å². The monoisotopic (exact) mass is 414 g/mol. The molecule has 0 aliphatic rings. The molecule has 1 unspecified atom stereocenters. The highest BCUT2D eigenvalue weighted by Crippen LogP contribution is 2.42. The number of hydrogen-bond acceptors (Lipinski definition) is 3. The van der Waals surface area contributed by atoms with E-state index in [-0.39, 0.29) is 4.83 Å². The van der Waals surface area contributed by atoms with Gasteiger partial charge in [0, 0.05) is 21.7 Å². The van der Waals surface area contributed by atoms with E-state index in [1.54, 1.807) is 21.3 Å². The summed E-state index contributed by atoms with van der Waals surface area (Å²) in [6, 6.07) is 11.7. The Morgan fingerprint density at radius 3 is 2.14 bits per heavy atom. The Morgan fingerprint density at radius 2 is 1.52 bits per heavy atom. The molecule has 0 amide bonds. The first-order valence-corrected chi connectivity index (χ1v) is 8.01. The molecule has 0 radical (unpaired) electrons. The van der Waals surface area contributed by atoms with Crippen LogP contribution in [0.1, 0.15) is 16.0 Å². The summed E-state index contributed by atoms with van der Waals surface area (Å²) in [7, 11) is 4.95. The van der Waals surface area contributed by atoms with Crippen LogP contribution in [0, 0.1) is 0 Å². The summed E-state index contributed by atoms with van der Waals surface area (Å²) in [5.41, 5.74) is 2.03. The number of ether oxygens (including phenoxy) is 3. The zero-order chi connectivity index (χ0) is 15.4. The molecule has 0 fully saturated rings. The van der Waals surface area contributed by atoms with Gasteiger partial charge >= 0.3 is 0 Å². The van der Waals surface area contributed by atoms with Crippen molar-refractivity contribution in [3.05, 3.63) is 52.0 Å². The van der Waals surface area contributed by atoms with Gasteiger partial charge in [0.15, 0.2) is 0 Å². The quantitative estimate of drug-likeness (QED) is 0.646. The van der Waals surface area contributed by atoms with Crippen molar-refractivity contribution >= 4 is 31.9 Å². The molecule has 0 N–H and O–H groups in total. The van der Waals surface area contributed by atoms with Crippen LogP contribution in [0.25, 0.3) is 0 Å². The van der Waals surface area contributed by atoms with Gasteiger partial charge in [-0.3, -0.25) is 0 Å². The fourth-order valence-corrected chi connectivity index (χ4v) is 3.21. The molecular formula is C16H16Br2O3. The predicted octanol–water partition coefficient (Wildman–Crippen LogP) is 4.96. The van der Waals surface area contributed by atoms with E-state index in [4.69, 9.17) is 14.2 Å². The molecule has 2 rings (SSSR count). The lowest BCUT2D eigenvalue weighted by molar-refractivity contribution is 0.390. The number of alkyl halides is 1. The molecule has 3 nitrogen and oxygen atoms in total. The zero-order valence-corrected chi connectivity index (χ0v) is 15.2. The molecule has 0 aliphatic heterocycles. The van der Waals surface area contributed by atoms with Gasteiger partial charge in [-0.1, -0.05) is 37.9 Å². The molecule has 1 atom stereocenters. The van der Waals surface area contributed by atoms with E-state index in [0.717, 1.165) is 32.8 Å². The van der Waals surface area contributed by atoms with E-state index in [1.807, 2.05) is 36.4 Å². The van der Waals surface area contributed by atoms with Gasteiger partial charge in [0.05, 0.1) is 26.2 Å². The summed E-state index contributed by atoms with van der Waals surface area (Å²) in [6.07, 6.45) is 0. The van der Waals surface area contributed by atoms with Gasteiger partial charge in [-0.05, 0) is 24.3 Å². The first-order valence-electron chi connectivity index (χ1n) is 6.30. The smallest absolute Gasteiger partial charge is 0.127 e. The van der Waals surface area contributed by atoms with E-state index < -0.39 is 0 Å². The van der Waals surface area contributed by atoms with Crippen molar-refractivity contribution in [1.82, 2.24) is 0 Å². The molecule has 0 aliphatic carbocycles. The second-order valence-corrected chi connectivity index (χ2v) is 6.19. The van der Waals surface area contributed by atoms with Gasteiger partial charge in [0.2, 0.25) is 0 Å². The van der Waals surface area contributed by atoms with Crippen molar-refractivity contribution in [1.29, 1.82) is 0 Å². The topological polar surface area (TPSA) is 27.7 Å². The molecule has 2 aromatic rings. The normalized spacial score (nSPS) is 11.9. The Hall–Kier alpha value is -1.20. The van der Waals surface area contributed by atoms with Gasteiger partial charge < -0.3 is 14.2 Å². The zero-order valence-electron chi connectivity index (χ0n) is 12.0. The second-order valence-electron chi connectivity index (χ2n) is 4.36. The van der Waals surface area contributed by atoms with E-state index in [9.17, 15) is 0 Å². The Bertz CT molecular complexity index is 629. The predicted molar refractivity (Wildman–Crippen MR) is 91.0 cm³/mol. The summed E-state index contributed by atoms with van der Waals surface area (Å²) < 4.78 is 17.1. The molecule has 0 saturated heterocycles. The maximum Gasteiger partial charge on any atom is 0.127 e. The van der Waals surface area contributed by atoms with Gasteiger partial charge in [0.1, 0.15) is 17.2 Å². The molecule has 2 aromatic carbocycles. The highest BCUT2D eigenvalue weighted by Gasteiger charge is 2.20. The van der Waals surface area contributed by atoms with Crippen LogP contribution in [-0.2, 0) is 0 Å². The fourth-order valence-electron chi connectivity index (χ4n) is 2.10. The van der Waals surface area contributed by atoms with Crippen LogP contribution in [0.15, 0.2) is 40.9 Å². The van der Waals surface area contributed by atoms with E-state index in [1.165, 1.54) is 0 Å². The van der Waals surface area contributed by atoms with Crippen molar-refractivity contribution < 1.29 is 14.2 Å². The number of benzene rings is 2. The third-order valence-electron chi connectivity index (χ3n) is 3.18. The molecule has 0 aromatic heterocycles. The van der Waals surface area contributed by atoms with Crippen LogP contribution >= 0.6 is 31.9 Å². The number of hydrogen-bond donors (Lipinski definition) is 0. The lowest BCUT2D eigenvalue weighted by atomic mass is 10.0.